The molecule has 0 amide bonds. The fourth-order valence-corrected chi connectivity index (χ4v) is 3.87. The number of hydrogen-bond acceptors (Lipinski definition) is 5. The minimum absolute atomic E-state index is 0.0493. The molecular formula is C17H28N2O5S. The second-order valence-electron chi connectivity index (χ2n) is 5.80. The highest BCUT2D eigenvalue weighted by atomic mass is 32.2. The van der Waals surface area contributed by atoms with E-state index in [-0.39, 0.29) is 16.5 Å². The highest BCUT2D eigenvalue weighted by molar-refractivity contribution is 7.89. The van der Waals surface area contributed by atoms with Gasteiger partial charge in [0.25, 0.3) is 0 Å². The van der Waals surface area contributed by atoms with Crippen LogP contribution in [0.4, 0.5) is 5.69 Å². The Morgan fingerprint density at radius 2 is 2.04 bits per heavy atom. The van der Waals surface area contributed by atoms with Gasteiger partial charge in [-0.05, 0) is 44.9 Å². The smallest absolute Gasteiger partial charge is 0.335 e. The van der Waals surface area contributed by atoms with Crippen molar-refractivity contribution in [2.75, 3.05) is 25.1 Å². The summed E-state index contributed by atoms with van der Waals surface area (Å²) in [4.78, 5) is 11.1. The minimum atomic E-state index is -3.82. The van der Waals surface area contributed by atoms with Gasteiger partial charge in [0.2, 0.25) is 10.0 Å². The molecule has 0 aliphatic rings. The van der Waals surface area contributed by atoms with Gasteiger partial charge in [-0.3, -0.25) is 0 Å². The van der Waals surface area contributed by atoms with Crippen LogP contribution in [0.2, 0.25) is 0 Å². The number of rotatable bonds is 12. The number of benzene rings is 1. The van der Waals surface area contributed by atoms with Crippen molar-refractivity contribution >= 4 is 21.7 Å². The number of anilines is 1. The molecule has 0 radical (unpaired) electrons. The van der Waals surface area contributed by atoms with Crippen molar-refractivity contribution in [1.29, 1.82) is 0 Å². The summed E-state index contributed by atoms with van der Waals surface area (Å²) in [6.45, 7) is 7.40. The normalized spacial score (nSPS) is 12.8. The van der Waals surface area contributed by atoms with E-state index < -0.39 is 16.0 Å². The lowest BCUT2D eigenvalue weighted by Crippen LogP contribution is -2.33. The molecule has 0 aliphatic heterocycles. The lowest BCUT2D eigenvalue weighted by Gasteiger charge is -2.17. The summed E-state index contributed by atoms with van der Waals surface area (Å²) < 4.78 is 33.2. The number of sulfonamides is 1. The third kappa shape index (κ3) is 7.01. The number of ether oxygens (including phenoxy) is 1. The minimum Gasteiger partial charge on any atom is -0.478 e. The largest absolute Gasteiger partial charge is 0.478 e. The van der Waals surface area contributed by atoms with Crippen LogP contribution in [-0.2, 0) is 14.8 Å². The lowest BCUT2D eigenvalue weighted by molar-refractivity contribution is 0.0696. The molecule has 1 atom stereocenters. The molecule has 1 rings (SSSR count). The monoisotopic (exact) mass is 372 g/mol. The zero-order valence-corrected chi connectivity index (χ0v) is 15.9. The zero-order chi connectivity index (χ0) is 18.9. The van der Waals surface area contributed by atoms with Gasteiger partial charge in [-0.15, -0.1) is 0 Å². The fourth-order valence-electron chi connectivity index (χ4n) is 2.39. The summed E-state index contributed by atoms with van der Waals surface area (Å²) in [5.74, 6) is -1.17. The standard InChI is InChI=1S/C17H28N2O5S/c1-4-7-13(3)19-25(22,23)16-12-14(17(20)21)8-9-15(16)18-10-6-11-24-5-2/h8-9,12-13,18-19H,4-7,10-11H2,1-3H3,(H,20,21). The Morgan fingerprint density at radius 3 is 2.64 bits per heavy atom. The van der Waals surface area contributed by atoms with E-state index in [0.29, 0.717) is 38.3 Å². The van der Waals surface area contributed by atoms with Crippen molar-refractivity contribution in [2.24, 2.45) is 0 Å². The molecule has 0 heterocycles. The molecule has 0 saturated heterocycles. The predicted octanol–water partition coefficient (Wildman–Crippen LogP) is 2.69. The molecule has 1 unspecified atom stereocenters. The zero-order valence-electron chi connectivity index (χ0n) is 15.0. The third-order valence-electron chi connectivity index (χ3n) is 3.58. The molecule has 0 fully saturated rings. The Morgan fingerprint density at radius 1 is 1.32 bits per heavy atom. The Kier molecular flexibility index (Phi) is 8.88. The first-order chi connectivity index (χ1) is 11.8. The van der Waals surface area contributed by atoms with Gasteiger partial charge in [-0.25, -0.2) is 17.9 Å². The Bertz CT molecular complexity index is 661. The van der Waals surface area contributed by atoms with Crippen molar-refractivity contribution in [1.82, 2.24) is 4.72 Å². The van der Waals surface area contributed by atoms with E-state index in [9.17, 15) is 13.2 Å². The van der Waals surface area contributed by atoms with Gasteiger partial charge in [0, 0.05) is 25.8 Å². The number of nitrogens with one attached hydrogen (secondary N) is 2. The van der Waals surface area contributed by atoms with Crippen LogP contribution in [0, 0.1) is 0 Å². The van der Waals surface area contributed by atoms with E-state index >= 15 is 0 Å². The maximum absolute atomic E-state index is 12.7. The molecule has 1 aromatic rings. The van der Waals surface area contributed by atoms with E-state index in [1.165, 1.54) is 18.2 Å². The maximum atomic E-state index is 12.7. The maximum Gasteiger partial charge on any atom is 0.335 e. The summed E-state index contributed by atoms with van der Waals surface area (Å²) in [5.41, 5.74) is 0.320. The van der Waals surface area contributed by atoms with Crippen molar-refractivity contribution in [3.8, 4) is 0 Å². The molecule has 0 spiro atoms. The van der Waals surface area contributed by atoms with Crippen LogP contribution < -0.4 is 10.0 Å². The first kappa shape index (κ1) is 21.4. The number of carboxylic acid groups (broad SMARTS) is 1. The van der Waals surface area contributed by atoms with Crippen molar-refractivity contribution in [3.63, 3.8) is 0 Å². The molecule has 0 saturated carbocycles. The van der Waals surface area contributed by atoms with E-state index in [1.54, 1.807) is 6.92 Å². The first-order valence-corrected chi connectivity index (χ1v) is 10.0. The molecular weight excluding hydrogens is 344 g/mol. The molecule has 8 heteroatoms. The molecule has 0 aliphatic carbocycles. The van der Waals surface area contributed by atoms with E-state index in [2.05, 4.69) is 10.0 Å². The highest BCUT2D eigenvalue weighted by Gasteiger charge is 2.22. The van der Waals surface area contributed by atoms with Crippen LogP contribution in [0.15, 0.2) is 23.1 Å². The molecule has 25 heavy (non-hydrogen) atoms. The average molecular weight is 372 g/mol. The molecule has 0 aromatic heterocycles. The summed E-state index contributed by atoms with van der Waals surface area (Å²) in [5, 5.41) is 12.2. The molecule has 142 valence electrons. The van der Waals surface area contributed by atoms with Gasteiger partial charge in [0.1, 0.15) is 4.90 Å². The van der Waals surface area contributed by atoms with E-state index in [1.807, 2.05) is 13.8 Å². The molecule has 3 N–H and O–H groups in total. The van der Waals surface area contributed by atoms with E-state index in [4.69, 9.17) is 9.84 Å². The van der Waals surface area contributed by atoms with Crippen molar-refractivity contribution in [2.45, 2.75) is 51.0 Å². The van der Waals surface area contributed by atoms with Gasteiger partial charge in [-0.1, -0.05) is 13.3 Å². The SMILES string of the molecule is CCCC(C)NS(=O)(=O)c1cc(C(=O)O)ccc1NCCCOCC. The lowest BCUT2D eigenvalue weighted by atomic mass is 10.2. The van der Waals surface area contributed by atoms with Crippen LogP contribution >= 0.6 is 0 Å². The number of hydrogen-bond donors (Lipinski definition) is 3. The number of carbonyl (C=O) groups is 1. The summed E-state index contributed by atoms with van der Waals surface area (Å²) >= 11 is 0. The van der Waals surface area contributed by atoms with Crippen LogP contribution in [0.5, 0.6) is 0 Å². The van der Waals surface area contributed by atoms with Gasteiger partial charge in [0.15, 0.2) is 0 Å². The van der Waals surface area contributed by atoms with Gasteiger partial charge in [0.05, 0.1) is 11.3 Å². The average Bonchev–Trinajstić information content (AvgIpc) is 2.54. The summed E-state index contributed by atoms with van der Waals surface area (Å²) in [6.07, 6.45) is 2.27. The number of carboxylic acids is 1. The van der Waals surface area contributed by atoms with Crippen molar-refractivity contribution in [3.05, 3.63) is 23.8 Å². The second-order valence-corrected chi connectivity index (χ2v) is 7.49. The third-order valence-corrected chi connectivity index (χ3v) is 5.21. The van der Waals surface area contributed by atoms with Crippen LogP contribution in [0.3, 0.4) is 0 Å². The quantitative estimate of drug-likeness (QED) is 0.487. The Hall–Kier alpha value is -1.64. The second kappa shape index (κ2) is 10.4. The van der Waals surface area contributed by atoms with Gasteiger partial charge >= 0.3 is 5.97 Å². The summed E-state index contributed by atoms with van der Waals surface area (Å²) in [7, 11) is -3.82. The van der Waals surface area contributed by atoms with Crippen LogP contribution in [0.25, 0.3) is 0 Å². The molecule has 1 aromatic carbocycles. The highest BCUT2D eigenvalue weighted by Crippen LogP contribution is 2.23. The van der Waals surface area contributed by atoms with Crippen molar-refractivity contribution < 1.29 is 23.1 Å². The van der Waals surface area contributed by atoms with Gasteiger partial charge in [-0.2, -0.15) is 0 Å². The fraction of sp³-hybridized carbons (Fsp3) is 0.588. The predicted molar refractivity (Wildman–Crippen MR) is 97.7 cm³/mol. The molecule has 7 nitrogen and oxygen atoms in total. The van der Waals surface area contributed by atoms with Crippen LogP contribution in [0.1, 0.15) is 50.4 Å². The Labute approximate surface area is 149 Å². The first-order valence-electron chi connectivity index (χ1n) is 8.53. The van der Waals surface area contributed by atoms with Gasteiger partial charge < -0.3 is 15.2 Å². The number of aromatic carboxylic acids is 1. The Balaban J connectivity index is 3.02. The summed E-state index contributed by atoms with van der Waals surface area (Å²) in [6, 6.07) is 3.84. The van der Waals surface area contributed by atoms with Crippen LogP contribution in [-0.4, -0.2) is 45.3 Å². The molecule has 0 bridgehead atoms. The van der Waals surface area contributed by atoms with E-state index in [0.717, 1.165) is 6.42 Å². The topological polar surface area (TPSA) is 105 Å².